The van der Waals surface area contributed by atoms with Gasteiger partial charge in [-0.15, -0.1) is 11.3 Å². The van der Waals surface area contributed by atoms with Crippen molar-refractivity contribution in [2.75, 3.05) is 19.7 Å². The number of ether oxygens (including phenoxy) is 1. The van der Waals surface area contributed by atoms with Crippen LogP contribution in [0, 0.1) is 5.41 Å². The number of rotatable bonds is 11. The van der Waals surface area contributed by atoms with Gasteiger partial charge in [-0.25, -0.2) is 9.78 Å². The standard InChI is InChI=1S/C21H25N5O5S/c22-17(23)14-3-5-15(6-4-14)31-11-2-1-7-21(20(29)30,13-16-24-9-12-32-16)26-10-8-25-18(27)19(26)28/h3-6,9,12H,1-2,7-8,10-11,13H2,(H3,22,23)(H,25,27)(H,29,30). The molecule has 0 aliphatic carbocycles. The number of carbonyl (C=O) groups is 3. The fourth-order valence-electron chi connectivity index (χ4n) is 3.64. The minimum atomic E-state index is -1.56. The van der Waals surface area contributed by atoms with Gasteiger partial charge in [0.1, 0.15) is 17.1 Å². The van der Waals surface area contributed by atoms with Gasteiger partial charge in [-0.05, 0) is 43.5 Å². The molecule has 0 bridgehead atoms. The summed E-state index contributed by atoms with van der Waals surface area (Å²) in [6, 6.07) is 6.81. The Morgan fingerprint density at radius 1 is 1.31 bits per heavy atom. The van der Waals surface area contributed by atoms with E-state index in [9.17, 15) is 19.5 Å². The predicted octanol–water partition coefficient (Wildman–Crippen LogP) is 1.00. The van der Waals surface area contributed by atoms with Gasteiger partial charge in [0.05, 0.1) is 11.6 Å². The predicted molar refractivity (Wildman–Crippen MR) is 118 cm³/mol. The number of nitrogens with two attached hydrogens (primary N) is 1. The third kappa shape index (κ3) is 5.22. The monoisotopic (exact) mass is 459 g/mol. The first-order valence-corrected chi connectivity index (χ1v) is 11.0. The van der Waals surface area contributed by atoms with Gasteiger partial charge >= 0.3 is 17.8 Å². The van der Waals surface area contributed by atoms with Crippen LogP contribution in [0.2, 0.25) is 0 Å². The van der Waals surface area contributed by atoms with Gasteiger partial charge in [-0.3, -0.25) is 15.0 Å². The zero-order chi connectivity index (χ0) is 23.1. The Kier molecular flexibility index (Phi) is 7.41. The average molecular weight is 460 g/mol. The third-order valence-electron chi connectivity index (χ3n) is 5.32. The first kappa shape index (κ1) is 23.2. The molecule has 1 aliphatic rings. The van der Waals surface area contributed by atoms with E-state index in [1.165, 1.54) is 16.2 Å². The highest BCUT2D eigenvalue weighted by atomic mass is 32.1. The molecule has 2 heterocycles. The molecule has 1 aromatic carbocycles. The van der Waals surface area contributed by atoms with E-state index >= 15 is 0 Å². The lowest BCUT2D eigenvalue weighted by molar-refractivity contribution is -0.165. The highest BCUT2D eigenvalue weighted by molar-refractivity contribution is 7.09. The number of aliphatic carboxylic acids is 1. The Morgan fingerprint density at radius 2 is 2.06 bits per heavy atom. The molecule has 3 rings (SSSR count). The molecular formula is C21H25N5O5S. The molecule has 1 unspecified atom stereocenters. The van der Waals surface area contributed by atoms with Crippen molar-refractivity contribution in [1.82, 2.24) is 15.2 Å². The van der Waals surface area contributed by atoms with E-state index in [4.69, 9.17) is 15.9 Å². The Labute approximate surface area is 188 Å². The molecule has 1 aromatic heterocycles. The smallest absolute Gasteiger partial charge is 0.330 e. The van der Waals surface area contributed by atoms with Crippen molar-refractivity contribution in [2.45, 2.75) is 31.2 Å². The molecule has 2 amide bonds. The fraction of sp³-hybridized carbons (Fsp3) is 0.381. The molecule has 170 valence electrons. The number of amides is 2. The van der Waals surface area contributed by atoms with Crippen LogP contribution in [0.25, 0.3) is 0 Å². The van der Waals surface area contributed by atoms with Gasteiger partial charge in [0, 0.05) is 36.7 Å². The summed E-state index contributed by atoms with van der Waals surface area (Å²) in [5.74, 6) is -2.19. The van der Waals surface area contributed by atoms with E-state index < -0.39 is 23.3 Å². The molecule has 0 spiro atoms. The van der Waals surface area contributed by atoms with Crippen molar-refractivity contribution in [3.05, 3.63) is 46.4 Å². The number of nitrogen functional groups attached to an aromatic ring is 1. The van der Waals surface area contributed by atoms with Gasteiger partial charge in [-0.2, -0.15) is 0 Å². The molecule has 1 saturated heterocycles. The summed E-state index contributed by atoms with van der Waals surface area (Å²) < 4.78 is 5.69. The Bertz CT molecular complexity index is 979. The molecule has 1 fully saturated rings. The largest absolute Gasteiger partial charge is 0.494 e. The Balaban J connectivity index is 1.66. The Hall–Kier alpha value is -3.47. The minimum absolute atomic E-state index is 0.0252. The zero-order valence-electron chi connectivity index (χ0n) is 17.4. The van der Waals surface area contributed by atoms with Crippen LogP contribution < -0.4 is 15.8 Å². The van der Waals surface area contributed by atoms with Crippen LogP contribution in [0.4, 0.5) is 0 Å². The maximum Gasteiger partial charge on any atom is 0.330 e. The van der Waals surface area contributed by atoms with E-state index in [0.717, 1.165) is 0 Å². The lowest BCUT2D eigenvalue weighted by Crippen LogP contribution is -2.65. The molecule has 10 nitrogen and oxygen atoms in total. The van der Waals surface area contributed by atoms with Crippen LogP contribution in [-0.4, -0.2) is 63.8 Å². The number of hydrogen-bond acceptors (Lipinski definition) is 7. The molecule has 2 aromatic rings. The first-order valence-electron chi connectivity index (χ1n) is 10.1. The van der Waals surface area contributed by atoms with Gasteiger partial charge in [-0.1, -0.05) is 0 Å². The molecule has 0 saturated carbocycles. The number of amidine groups is 1. The second kappa shape index (κ2) is 10.2. The van der Waals surface area contributed by atoms with Crippen molar-refractivity contribution >= 4 is 35.0 Å². The van der Waals surface area contributed by atoms with Crippen LogP contribution in [0.3, 0.4) is 0 Å². The molecule has 11 heteroatoms. The molecule has 32 heavy (non-hydrogen) atoms. The fourth-order valence-corrected chi connectivity index (χ4v) is 4.36. The SMILES string of the molecule is N=C(N)c1ccc(OCCCCC(Cc2nccs2)(C(=O)O)N2CCNC(=O)C2=O)cc1. The number of benzene rings is 1. The van der Waals surface area contributed by atoms with Gasteiger partial charge < -0.3 is 25.8 Å². The summed E-state index contributed by atoms with van der Waals surface area (Å²) in [7, 11) is 0. The molecule has 5 N–H and O–H groups in total. The summed E-state index contributed by atoms with van der Waals surface area (Å²) in [6.07, 6.45) is 2.80. The number of aromatic nitrogens is 1. The average Bonchev–Trinajstić information content (AvgIpc) is 3.28. The normalized spacial score (nSPS) is 15.7. The number of unbranched alkanes of at least 4 members (excludes halogenated alkanes) is 1. The quantitative estimate of drug-likeness (QED) is 0.169. The van der Waals surface area contributed by atoms with E-state index in [1.807, 2.05) is 0 Å². The number of nitrogens with zero attached hydrogens (tertiary/aromatic N) is 2. The van der Waals surface area contributed by atoms with Crippen LogP contribution in [0.15, 0.2) is 35.8 Å². The number of hydrogen-bond donors (Lipinski definition) is 4. The van der Waals surface area contributed by atoms with Crippen molar-refractivity contribution < 1.29 is 24.2 Å². The van der Waals surface area contributed by atoms with Crippen LogP contribution in [-0.2, 0) is 20.8 Å². The van der Waals surface area contributed by atoms with Crippen molar-refractivity contribution in [3.63, 3.8) is 0 Å². The van der Waals surface area contributed by atoms with Gasteiger partial charge in [0.2, 0.25) is 0 Å². The van der Waals surface area contributed by atoms with E-state index in [-0.39, 0.29) is 31.8 Å². The summed E-state index contributed by atoms with van der Waals surface area (Å²) in [5, 5.41) is 22.4. The van der Waals surface area contributed by atoms with Crippen molar-refractivity contribution in [1.29, 1.82) is 5.41 Å². The maximum atomic E-state index is 12.5. The number of thiazole rings is 1. The number of nitrogens with one attached hydrogen (secondary N) is 2. The lowest BCUT2D eigenvalue weighted by Gasteiger charge is -2.42. The number of piperazine rings is 1. The molecule has 0 radical (unpaired) electrons. The highest BCUT2D eigenvalue weighted by Gasteiger charge is 2.49. The van der Waals surface area contributed by atoms with Crippen LogP contribution in [0.5, 0.6) is 5.75 Å². The highest BCUT2D eigenvalue weighted by Crippen LogP contribution is 2.30. The zero-order valence-corrected chi connectivity index (χ0v) is 18.2. The van der Waals surface area contributed by atoms with E-state index in [1.54, 1.807) is 35.8 Å². The van der Waals surface area contributed by atoms with E-state index in [0.29, 0.717) is 35.8 Å². The molecular weight excluding hydrogens is 434 g/mol. The second-order valence-electron chi connectivity index (χ2n) is 7.40. The third-order valence-corrected chi connectivity index (χ3v) is 6.10. The first-order chi connectivity index (χ1) is 15.3. The Morgan fingerprint density at radius 3 is 2.69 bits per heavy atom. The number of carboxylic acid groups (broad SMARTS) is 1. The van der Waals surface area contributed by atoms with Gasteiger partial charge in [0.15, 0.2) is 0 Å². The molecule has 1 atom stereocenters. The summed E-state index contributed by atoms with van der Waals surface area (Å²) >= 11 is 1.32. The topological polar surface area (TPSA) is 159 Å². The van der Waals surface area contributed by atoms with Crippen molar-refractivity contribution in [3.8, 4) is 5.75 Å². The van der Waals surface area contributed by atoms with Crippen molar-refractivity contribution in [2.24, 2.45) is 5.73 Å². The van der Waals surface area contributed by atoms with E-state index in [2.05, 4.69) is 10.3 Å². The summed E-state index contributed by atoms with van der Waals surface area (Å²) in [4.78, 5) is 42.3. The lowest BCUT2D eigenvalue weighted by atomic mass is 9.86. The van der Waals surface area contributed by atoms with Crippen LogP contribution >= 0.6 is 11.3 Å². The molecule has 1 aliphatic heterocycles. The second-order valence-corrected chi connectivity index (χ2v) is 8.37. The maximum absolute atomic E-state index is 12.5. The summed E-state index contributed by atoms with van der Waals surface area (Å²) in [5.41, 5.74) is 4.47. The number of carboxylic acids is 1. The van der Waals surface area contributed by atoms with Crippen LogP contribution in [0.1, 0.15) is 29.8 Å². The van der Waals surface area contributed by atoms with Gasteiger partial charge in [0.25, 0.3) is 0 Å². The number of carbonyl (C=O) groups excluding carboxylic acids is 2. The minimum Gasteiger partial charge on any atom is -0.494 e. The summed E-state index contributed by atoms with van der Waals surface area (Å²) in [6.45, 7) is 0.679.